The Kier molecular flexibility index (Phi) is 4.34. The fourth-order valence-electron chi connectivity index (χ4n) is 2.44. The van der Waals surface area contributed by atoms with Crippen molar-refractivity contribution in [2.75, 3.05) is 6.54 Å². The van der Waals surface area contributed by atoms with Crippen molar-refractivity contribution in [1.29, 1.82) is 0 Å². The summed E-state index contributed by atoms with van der Waals surface area (Å²) in [7, 11) is 0. The first kappa shape index (κ1) is 14.3. The summed E-state index contributed by atoms with van der Waals surface area (Å²) >= 11 is 1.72. The first-order valence-electron chi connectivity index (χ1n) is 7.13. The third kappa shape index (κ3) is 3.32. The third-order valence-corrected chi connectivity index (χ3v) is 4.68. The van der Waals surface area contributed by atoms with E-state index in [0.717, 1.165) is 12.1 Å². The number of hydrogen-bond acceptors (Lipinski definition) is 3. The van der Waals surface area contributed by atoms with Crippen LogP contribution in [0.25, 0.3) is 10.8 Å². The molecule has 2 N–H and O–H groups in total. The largest absolute Gasteiger partial charge is 0.387 e. The summed E-state index contributed by atoms with van der Waals surface area (Å²) in [5.74, 6) is 0. The van der Waals surface area contributed by atoms with E-state index in [1.54, 1.807) is 11.3 Å². The van der Waals surface area contributed by atoms with E-state index in [9.17, 15) is 5.11 Å². The van der Waals surface area contributed by atoms with Gasteiger partial charge in [0.05, 0.1) is 6.10 Å². The number of fused-ring (bicyclic) bond motifs is 1. The lowest BCUT2D eigenvalue weighted by molar-refractivity contribution is 0.174. The molecular formula is C18H19NOS. The molecule has 0 aliphatic heterocycles. The van der Waals surface area contributed by atoms with Crippen molar-refractivity contribution in [3.63, 3.8) is 0 Å². The first-order valence-corrected chi connectivity index (χ1v) is 8.07. The maximum Gasteiger partial charge on any atom is 0.0914 e. The molecule has 0 amide bonds. The molecule has 1 aromatic heterocycles. The standard InChI is InChI=1S/C18H19NOS/c1-13-11-21-12-17(13)9-19-10-18(20)16-7-6-14-4-2-3-5-15(14)8-16/h2-8,11-12,18-20H,9-10H2,1H3. The van der Waals surface area contributed by atoms with Crippen molar-refractivity contribution >= 4 is 22.1 Å². The molecule has 0 spiro atoms. The Morgan fingerprint density at radius 1 is 1.10 bits per heavy atom. The van der Waals surface area contributed by atoms with Crippen LogP contribution in [-0.2, 0) is 6.54 Å². The Hall–Kier alpha value is -1.68. The van der Waals surface area contributed by atoms with Crippen molar-refractivity contribution in [3.05, 3.63) is 69.9 Å². The van der Waals surface area contributed by atoms with Crippen LogP contribution in [-0.4, -0.2) is 11.7 Å². The molecule has 1 heterocycles. The minimum absolute atomic E-state index is 0.478. The van der Waals surface area contributed by atoms with Gasteiger partial charge >= 0.3 is 0 Å². The zero-order valence-electron chi connectivity index (χ0n) is 12.0. The van der Waals surface area contributed by atoms with E-state index < -0.39 is 6.10 Å². The molecule has 2 nitrogen and oxygen atoms in total. The second kappa shape index (κ2) is 6.39. The highest BCUT2D eigenvalue weighted by Crippen LogP contribution is 2.20. The Morgan fingerprint density at radius 2 is 1.90 bits per heavy atom. The van der Waals surface area contributed by atoms with Crippen LogP contribution in [0.1, 0.15) is 22.8 Å². The third-order valence-electron chi connectivity index (χ3n) is 3.77. The molecule has 0 fully saturated rings. The number of aliphatic hydroxyl groups is 1. The average Bonchev–Trinajstić information content (AvgIpc) is 2.92. The molecule has 21 heavy (non-hydrogen) atoms. The highest BCUT2D eigenvalue weighted by Gasteiger charge is 2.08. The van der Waals surface area contributed by atoms with Gasteiger partial charge in [0.25, 0.3) is 0 Å². The lowest BCUT2D eigenvalue weighted by Gasteiger charge is -2.13. The van der Waals surface area contributed by atoms with Crippen LogP contribution in [0.5, 0.6) is 0 Å². The van der Waals surface area contributed by atoms with E-state index in [1.165, 1.54) is 21.9 Å². The molecule has 3 aromatic rings. The van der Waals surface area contributed by atoms with Crippen LogP contribution >= 0.6 is 11.3 Å². The zero-order valence-corrected chi connectivity index (χ0v) is 12.9. The average molecular weight is 297 g/mol. The van der Waals surface area contributed by atoms with Gasteiger partial charge in [0.1, 0.15) is 0 Å². The second-order valence-corrected chi connectivity index (χ2v) is 6.08. The maximum absolute atomic E-state index is 10.3. The summed E-state index contributed by atoms with van der Waals surface area (Å²) in [4.78, 5) is 0. The monoisotopic (exact) mass is 297 g/mol. The van der Waals surface area contributed by atoms with Crippen LogP contribution in [0.3, 0.4) is 0 Å². The Labute approximate surface area is 129 Å². The minimum atomic E-state index is -0.478. The lowest BCUT2D eigenvalue weighted by Crippen LogP contribution is -2.21. The number of benzene rings is 2. The van der Waals surface area contributed by atoms with Gasteiger partial charge in [-0.05, 0) is 51.2 Å². The first-order chi connectivity index (χ1) is 10.2. The molecule has 108 valence electrons. The van der Waals surface area contributed by atoms with Crippen LogP contribution in [0.15, 0.2) is 53.2 Å². The van der Waals surface area contributed by atoms with Crippen molar-refractivity contribution in [2.24, 2.45) is 0 Å². The van der Waals surface area contributed by atoms with E-state index in [-0.39, 0.29) is 0 Å². The predicted molar refractivity (Wildman–Crippen MR) is 89.7 cm³/mol. The quantitative estimate of drug-likeness (QED) is 0.745. The Balaban J connectivity index is 1.63. The molecule has 0 radical (unpaired) electrons. The minimum Gasteiger partial charge on any atom is -0.387 e. The molecule has 0 saturated carbocycles. The van der Waals surface area contributed by atoms with Gasteiger partial charge in [0, 0.05) is 13.1 Å². The number of aliphatic hydroxyl groups excluding tert-OH is 1. The van der Waals surface area contributed by atoms with Crippen LogP contribution in [0.4, 0.5) is 0 Å². The number of thiophene rings is 1. The molecular weight excluding hydrogens is 278 g/mol. The van der Waals surface area contributed by atoms with Gasteiger partial charge in [-0.1, -0.05) is 36.4 Å². The van der Waals surface area contributed by atoms with Crippen LogP contribution in [0.2, 0.25) is 0 Å². The summed E-state index contributed by atoms with van der Waals surface area (Å²) < 4.78 is 0. The number of aryl methyl sites for hydroxylation is 1. The van der Waals surface area contributed by atoms with Gasteiger partial charge in [-0.25, -0.2) is 0 Å². The van der Waals surface area contributed by atoms with Crippen LogP contribution < -0.4 is 5.32 Å². The van der Waals surface area contributed by atoms with Crippen LogP contribution in [0, 0.1) is 6.92 Å². The van der Waals surface area contributed by atoms with E-state index in [4.69, 9.17) is 0 Å². The summed E-state index contributed by atoms with van der Waals surface area (Å²) in [6.45, 7) is 3.49. The maximum atomic E-state index is 10.3. The smallest absolute Gasteiger partial charge is 0.0914 e. The second-order valence-electron chi connectivity index (χ2n) is 5.33. The van der Waals surface area contributed by atoms with Crippen molar-refractivity contribution < 1.29 is 5.11 Å². The molecule has 1 unspecified atom stereocenters. The summed E-state index contributed by atoms with van der Waals surface area (Å²) in [5, 5.41) is 20.3. The zero-order chi connectivity index (χ0) is 14.7. The predicted octanol–water partition coefficient (Wildman–Crippen LogP) is 4.03. The van der Waals surface area contributed by atoms with Gasteiger partial charge in [-0.3, -0.25) is 0 Å². The highest BCUT2D eigenvalue weighted by atomic mass is 32.1. The Bertz CT molecular complexity index is 735. The SMILES string of the molecule is Cc1cscc1CNCC(O)c1ccc2ccccc2c1. The lowest BCUT2D eigenvalue weighted by atomic mass is 10.0. The molecule has 0 saturated heterocycles. The van der Waals surface area contributed by atoms with Gasteiger partial charge < -0.3 is 10.4 Å². The summed E-state index contributed by atoms with van der Waals surface area (Å²) in [5.41, 5.74) is 3.58. The molecule has 0 aliphatic carbocycles. The van der Waals surface area contributed by atoms with Gasteiger partial charge in [-0.2, -0.15) is 11.3 Å². The molecule has 3 heteroatoms. The molecule has 1 atom stereocenters. The van der Waals surface area contributed by atoms with E-state index >= 15 is 0 Å². The van der Waals surface area contributed by atoms with E-state index in [2.05, 4.69) is 47.3 Å². The summed E-state index contributed by atoms with van der Waals surface area (Å²) in [6.07, 6.45) is -0.478. The Morgan fingerprint density at radius 3 is 2.67 bits per heavy atom. The number of rotatable bonds is 5. The fourth-order valence-corrected chi connectivity index (χ4v) is 3.30. The highest BCUT2D eigenvalue weighted by molar-refractivity contribution is 7.08. The normalized spacial score (nSPS) is 12.7. The van der Waals surface area contributed by atoms with E-state index in [0.29, 0.717) is 6.54 Å². The van der Waals surface area contributed by atoms with Gasteiger partial charge in [0.15, 0.2) is 0 Å². The van der Waals surface area contributed by atoms with Gasteiger partial charge in [0.2, 0.25) is 0 Å². The number of hydrogen-bond donors (Lipinski definition) is 2. The van der Waals surface area contributed by atoms with Crippen molar-refractivity contribution in [1.82, 2.24) is 5.32 Å². The van der Waals surface area contributed by atoms with Crippen molar-refractivity contribution in [3.8, 4) is 0 Å². The number of nitrogens with one attached hydrogen (secondary N) is 1. The molecule has 3 rings (SSSR count). The van der Waals surface area contributed by atoms with Crippen molar-refractivity contribution in [2.45, 2.75) is 19.6 Å². The topological polar surface area (TPSA) is 32.3 Å². The fraction of sp³-hybridized carbons (Fsp3) is 0.222. The summed E-state index contributed by atoms with van der Waals surface area (Å²) in [6, 6.07) is 14.4. The molecule has 0 aliphatic rings. The molecule has 0 bridgehead atoms. The molecule has 2 aromatic carbocycles. The van der Waals surface area contributed by atoms with E-state index in [1.807, 2.05) is 18.2 Å². The van der Waals surface area contributed by atoms with Gasteiger partial charge in [-0.15, -0.1) is 0 Å².